The van der Waals surface area contributed by atoms with E-state index >= 15 is 0 Å². The molecule has 0 spiro atoms. The second kappa shape index (κ2) is 10.5. The van der Waals surface area contributed by atoms with Crippen LogP contribution in [0.2, 0.25) is 0 Å². The molecule has 0 unspecified atom stereocenters. The monoisotopic (exact) mass is 521 g/mol. The van der Waals surface area contributed by atoms with Crippen LogP contribution >= 0.6 is 0 Å². The normalized spacial score (nSPS) is 12.1. The minimum absolute atomic E-state index is 0.128. The Morgan fingerprint density at radius 2 is 1.05 bits per heavy atom. The molecule has 5 rings (SSSR count). The van der Waals surface area contributed by atoms with Gasteiger partial charge in [0.1, 0.15) is 11.5 Å². The number of benzene rings is 4. The lowest BCUT2D eigenvalue weighted by Crippen LogP contribution is -2.29. The zero-order valence-corrected chi connectivity index (χ0v) is 21.1. The van der Waals surface area contributed by atoms with E-state index in [1.807, 2.05) is 0 Å². The van der Waals surface area contributed by atoms with Crippen molar-refractivity contribution >= 4 is 40.7 Å². The SMILES string of the molecule is COc1ccc(NC(=O)c2ccc(N3C(=O)c4ccc(C(=O)Nc5ccc(OC)cc5)cc4C3=O)cc2)cc1. The highest BCUT2D eigenvalue weighted by Crippen LogP contribution is 2.30. The minimum atomic E-state index is -0.551. The molecule has 4 amide bonds. The number of ether oxygens (including phenoxy) is 2. The fourth-order valence-electron chi connectivity index (χ4n) is 4.13. The fourth-order valence-corrected chi connectivity index (χ4v) is 4.13. The third-order valence-electron chi connectivity index (χ3n) is 6.23. The summed E-state index contributed by atoms with van der Waals surface area (Å²) in [6.45, 7) is 0. The molecule has 39 heavy (non-hydrogen) atoms. The van der Waals surface area contributed by atoms with E-state index in [9.17, 15) is 19.2 Å². The van der Waals surface area contributed by atoms with Crippen molar-refractivity contribution in [2.45, 2.75) is 0 Å². The summed E-state index contributed by atoms with van der Waals surface area (Å²) in [5, 5.41) is 5.54. The lowest BCUT2D eigenvalue weighted by Gasteiger charge is -2.14. The van der Waals surface area contributed by atoms with Gasteiger partial charge in [-0.3, -0.25) is 19.2 Å². The van der Waals surface area contributed by atoms with E-state index in [1.165, 1.54) is 42.5 Å². The lowest BCUT2D eigenvalue weighted by atomic mass is 10.1. The van der Waals surface area contributed by atoms with Crippen LogP contribution in [0.5, 0.6) is 11.5 Å². The molecule has 1 aliphatic rings. The maximum atomic E-state index is 13.2. The number of amides is 4. The van der Waals surface area contributed by atoms with Crippen LogP contribution in [0.4, 0.5) is 17.1 Å². The molecule has 0 fully saturated rings. The topological polar surface area (TPSA) is 114 Å². The Kier molecular flexibility index (Phi) is 6.79. The summed E-state index contributed by atoms with van der Waals surface area (Å²) in [7, 11) is 3.11. The fraction of sp³-hybridized carbons (Fsp3) is 0.0667. The Morgan fingerprint density at radius 3 is 1.56 bits per heavy atom. The number of fused-ring (bicyclic) bond motifs is 1. The number of imide groups is 1. The average Bonchev–Trinajstić information content (AvgIpc) is 3.22. The van der Waals surface area contributed by atoms with Crippen LogP contribution in [0.15, 0.2) is 91.0 Å². The molecule has 0 atom stereocenters. The molecule has 1 heterocycles. The van der Waals surface area contributed by atoms with Crippen molar-refractivity contribution in [2.75, 3.05) is 29.8 Å². The van der Waals surface area contributed by atoms with Gasteiger partial charge in [0, 0.05) is 22.5 Å². The summed E-state index contributed by atoms with van der Waals surface area (Å²) < 4.78 is 10.2. The van der Waals surface area contributed by atoms with Crippen LogP contribution in [0.25, 0.3) is 0 Å². The number of hydrogen-bond acceptors (Lipinski definition) is 6. The van der Waals surface area contributed by atoms with E-state index in [2.05, 4.69) is 10.6 Å². The summed E-state index contributed by atoms with van der Waals surface area (Å²) in [4.78, 5) is 52.7. The molecule has 4 aromatic carbocycles. The minimum Gasteiger partial charge on any atom is -0.497 e. The molecule has 9 heteroatoms. The van der Waals surface area contributed by atoms with Crippen LogP contribution in [0.1, 0.15) is 41.4 Å². The summed E-state index contributed by atoms with van der Waals surface area (Å²) in [5.41, 5.74) is 2.37. The first kappa shape index (κ1) is 25.2. The van der Waals surface area contributed by atoms with E-state index in [1.54, 1.807) is 62.8 Å². The van der Waals surface area contributed by atoms with Crippen LogP contribution < -0.4 is 25.0 Å². The molecule has 0 aromatic heterocycles. The van der Waals surface area contributed by atoms with Gasteiger partial charge in [-0.2, -0.15) is 0 Å². The molecule has 0 saturated heterocycles. The number of hydrogen-bond donors (Lipinski definition) is 2. The number of nitrogens with one attached hydrogen (secondary N) is 2. The van der Waals surface area contributed by atoms with E-state index < -0.39 is 17.7 Å². The summed E-state index contributed by atoms with van der Waals surface area (Å²) in [6.07, 6.45) is 0. The number of carbonyl (C=O) groups is 4. The van der Waals surface area contributed by atoms with Crippen molar-refractivity contribution in [3.05, 3.63) is 113 Å². The highest BCUT2D eigenvalue weighted by atomic mass is 16.5. The first-order chi connectivity index (χ1) is 18.9. The molecule has 0 saturated carbocycles. The Labute approximate surface area is 224 Å². The van der Waals surface area contributed by atoms with Gasteiger partial charge in [0.15, 0.2) is 0 Å². The first-order valence-corrected chi connectivity index (χ1v) is 11.9. The number of anilines is 3. The highest BCUT2D eigenvalue weighted by Gasteiger charge is 2.37. The average molecular weight is 522 g/mol. The molecular formula is C30H23N3O6. The van der Waals surface area contributed by atoms with E-state index in [0.717, 1.165) is 4.90 Å². The third-order valence-corrected chi connectivity index (χ3v) is 6.23. The van der Waals surface area contributed by atoms with Gasteiger partial charge in [0.25, 0.3) is 23.6 Å². The predicted octanol–water partition coefficient (Wildman–Crippen LogP) is 5.01. The standard InChI is InChI=1S/C30H23N3O6/c1-38-23-12-6-20(7-13-23)31-27(34)18-3-10-22(11-4-18)33-29(36)25-16-5-19(17-26(25)30(33)37)28(35)32-21-8-14-24(39-2)15-9-21/h3-17H,1-2H3,(H,31,34)(H,32,35). The quantitative estimate of drug-likeness (QED) is 0.331. The van der Waals surface area contributed by atoms with E-state index in [4.69, 9.17) is 9.47 Å². The Balaban J connectivity index is 1.30. The maximum absolute atomic E-state index is 13.2. The zero-order chi connectivity index (χ0) is 27.5. The summed E-state index contributed by atoms with van der Waals surface area (Å²) in [6, 6.07) is 24.2. The third kappa shape index (κ3) is 5.05. The van der Waals surface area contributed by atoms with Gasteiger partial charge in [-0.25, -0.2) is 4.90 Å². The van der Waals surface area contributed by atoms with Gasteiger partial charge < -0.3 is 20.1 Å². The molecule has 2 N–H and O–H groups in total. The maximum Gasteiger partial charge on any atom is 0.266 e. The number of carbonyl (C=O) groups excluding carboxylic acids is 4. The first-order valence-electron chi connectivity index (χ1n) is 11.9. The van der Waals surface area contributed by atoms with Gasteiger partial charge >= 0.3 is 0 Å². The Hall–Kier alpha value is -5.44. The Morgan fingerprint density at radius 1 is 0.590 bits per heavy atom. The number of nitrogens with zero attached hydrogens (tertiary/aromatic N) is 1. The van der Waals surface area contributed by atoms with Crippen molar-refractivity contribution in [2.24, 2.45) is 0 Å². The molecule has 194 valence electrons. The van der Waals surface area contributed by atoms with E-state index in [-0.39, 0.29) is 22.6 Å². The summed E-state index contributed by atoms with van der Waals surface area (Å²) in [5.74, 6) is -0.503. The van der Waals surface area contributed by atoms with Crippen LogP contribution in [0.3, 0.4) is 0 Å². The van der Waals surface area contributed by atoms with Crippen LogP contribution in [-0.4, -0.2) is 37.8 Å². The number of rotatable bonds is 7. The van der Waals surface area contributed by atoms with E-state index in [0.29, 0.717) is 34.1 Å². The smallest absolute Gasteiger partial charge is 0.266 e. The van der Waals surface area contributed by atoms with Crippen molar-refractivity contribution in [1.29, 1.82) is 0 Å². The largest absolute Gasteiger partial charge is 0.497 e. The van der Waals surface area contributed by atoms with Crippen molar-refractivity contribution in [1.82, 2.24) is 0 Å². The molecular weight excluding hydrogens is 498 g/mol. The molecule has 0 radical (unpaired) electrons. The van der Waals surface area contributed by atoms with Crippen LogP contribution in [0, 0.1) is 0 Å². The second-order valence-electron chi connectivity index (χ2n) is 8.62. The van der Waals surface area contributed by atoms with Crippen molar-refractivity contribution in [3.8, 4) is 11.5 Å². The zero-order valence-electron chi connectivity index (χ0n) is 21.1. The molecule has 4 aromatic rings. The highest BCUT2D eigenvalue weighted by molar-refractivity contribution is 6.34. The molecule has 9 nitrogen and oxygen atoms in total. The van der Waals surface area contributed by atoms with Crippen LogP contribution in [-0.2, 0) is 0 Å². The van der Waals surface area contributed by atoms with Gasteiger partial charge in [-0.15, -0.1) is 0 Å². The Bertz CT molecular complexity index is 1580. The van der Waals surface area contributed by atoms with Gasteiger partial charge in [-0.1, -0.05) is 0 Å². The second-order valence-corrected chi connectivity index (χ2v) is 8.62. The molecule has 0 bridgehead atoms. The van der Waals surface area contributed by atoms with Gasteiger partial charge in [0.2, 0.25) is 0 Å². The lowest BCUT2D eigenvalue weighted by molar-refractivity contribution is 0.0924. The summed E-state index contributed by atoms with van der Waals surface area (Å²) >= 11 is 0. The van der Waals surface area contributed by atoms with Crippen molar-refractivity contribution < 1.29 is 28.7 Å². The molecule has 1 aliphatic heterocycles. The van der Waals surface area contributed by atoms with Crippen molar-refractivity contribution in [3.63, 3.8) is 0 Å². The number of methoxy groups -OCH3 is 2. The van der Waals surface area contributed by atoms with Gasteiger partial charge in [0.05, 0.1) is 31.0 Å². The predicted molar refractivity (Wildman–Crippen MR) is 146 cm³/mol. The molecule has 0 aliphatic carbocycles. The van der Waals surface area contributed by atoms with Gasteiger partial charge in [-0.05, 0) is 91.0 Å².